The molecule has 0 bridgehead atoms. The normalized spacial score (nSPS) is 11.8. The minimum absolute atomic E-state index is 0.195. The van der Waals surface area contributed by atoms with Crippen molar-refractivity contribution in [2.75, 3.05) is 20.8 Å². The summed E-state index contributed by atoms with van der Waals surface area (Å²) in [5.74, 6) is 1.29. The van der Waals surface area contributed by atoms with Gasteiger partial charge in [0.1, 0.15) is 22.5 Å². The van der Waals surface area contributed by atoms with Gasteiger partial charge in [0.2, 0.25) is 0 Å². The van der Waals surface area contributed by atoms with Crippen LogP contribution in [0.2, 0.25) is 0 Å². The maximum absolute atomic E-state index is 13.5. The molecule has 0 fully saturated rings. The lowest BCUT2D eigenvalue weighted by atomic mass is 10.2. The predicted octanol–water partition coefficient (Wildman–Crippen LogP) is 3.14. The van der Waals surface area contributed by atoms with Gasteiger partial charge in [-0.3, -0.25) is 9.36 Å². The van der Waals surface area contributed by atoms with Gasteiger partial charge in [-0.25, -0.2) is 15.0 Å². The first kappa shape index (κ1) is 20.8. The molecular formula is C24H22N6O3. The molecule has 5 aromatic rings. The Bertz CT molecular complexity index is 1580. The number of para-hydroxylation sites is 2. The molecule has 9 heteroatoms. The minimum Gasteiger partial charge on any atom is -0.497 e. The van der Waals surface area contributed by atoms with Crippen molar-refractivity contribution in [1.29, 1.82) is 0 Å². The first-order valence-corrected chi connectivity index (χ1v) is 10.5. The second-order valence-electron chi connectivity index (χ2n) is 7.52. The van der Waals surface area contributed by atoms with Crippen LogP contribution in [0.15, 0.2) is 58.4 Å². The molecule has 0 amide bonds. The fourth-order valence-electron chi connectivity index (χ4n) is 3.82. The number of aromatic nitrogens is 5. The Morgan fingerprint density at radius 3 is 2.55 bits per heavy atom. The summed E-state index contributed by atoms with van der Waals surface area (Å²) in [5.41, 5.74) is 3.40. The average molecular weight is 442 g/mol. The van der Waals surface area contributed by atoms with Crippen molar-refractivity contribution >= 4 is 39.4 Å². The van der Waals surface area contributed by atoms with E-state index in [9.17, 15) is 4.79 Å². The van der Waals surface area contributed by atoms with Crippen LogP contribution in [0.5, 0.6) is 5.75 Å². The van der Waals surface area contributed by atoms with E-state index in [2.05, 4.69) is 5.10 Å². The van der Waals surface area contributed by atoms with Gasteiger partial charge in [-0.05, 0) is 36.8 Å². The Morgan fingerprint density at radius 2 is 1.79 bits per heavy atom. The number of fused-ring (bicyclic) bond motifs is 4. The van der Waals surface area contributed by atoms with Gasteiger partial charge >= 0.3 is 0 Å². The highest BCUT2D eigenvalue weighted by molar-refractivity contribution is 6.05. The molecule has 0 aliphatic rings. The van der Waals surface area contributed by atoms with Gasteiger partial charge in [0.25, 0.3) is 5.56 Å². The summed E-state index contributed by atoms with van der Waals surface area (Å²) in [4.78, 5) is 27.7. The van der Waals surface area contributed by atoms with E-state index in [4.69, 9.17) is 24.4 Å². The standard InChI is InChI=1S/C24H22N6O3/c1-15-26-22-20(24(31)29(15)11-12-32-2)21-23(28-19-10-5-4-9-18(19)27-21)30(22)25-14-16-7-6-8-17(13-16)33-3/h4-10,13-14H,11-12H2,1-3H3/b25-14-. The highest BCUT2D eigenvalue weighted by Crippen LogP contribution is 2.25. The molecule has 0 atom stereocenters. The molecule has 0 saturated carbocycles. The van der Waals surface area contributed by atoms with E-state index < -0.39 is 0 Å². The zero-order valence-electron chi connectivity index (χ0n) is 18.5. The number of aryl methyl sites for hydroxylation is 1. The predicted molar refractivity (Wildman–Crippen MR) is 127 cm³/mol. The maximum atomic E-state index is 13.5. The van der Waals surface area contributed by atoms with Gasteiger partial charge in [-0.2, -0.15) is 9.78 Å². The number of methoxy groups -OCH3 is 2. The van der Waals surface area contributed by atoms with Crippen molar-refractivity contribution in [3.05, 3.63) is 70.3 Å². The molecule has 0 aliphatic heterocycles. The zero-order chi connectivity index (χ0) is 22.9. The molecule has 0 saturated heterocycles. The fourth-order valence-corrected chi connectivity index (χ4v) is 3.82. The summed E-state index contributed by atoms with van der Waals surface area (Å²) < 4.78 is 13.6. The Balaban J connectivity index is 1.81. The third-order valence-corrected chi connectivity index (χ3v) is 5.47. The lowest BCUT2D eigenvalue weighted by Gasteiger charge is -2.08. The van der Waals surface area contributed by atoms with Gasteiger partial charge in [0, 0.05) is 7.11 Å². The summed E-state index contributed by atoms with van der Waals surface area (Å²) in [7, 11) is 3.22. The fraction of sp³-hybridized carbons (Fsp3) is 0.208. The minimum atomic E-state index is -0.195. The van der Waals surface area contributed by atoms with Crippen molar-refractivity contribution in [1.82, 2.24) is 24.2 Å². The molecule has 2 aromatic carbocycles. The quantitative estimate of drug-likeness (QED) is 0.375. The molecule has 9 nitrogen and oxygen atoms in total. The van der Waals surface area contributed by atoms with Crippen LogP contribution in [0.1, 0.15) is 11.4 Å². The molecular weight excluding hydrogens is 420 g/mol. The van der Waals surface area contributed by atoms with E-state index in [1.807, 2.05) is 48.5 Å². The first-order chi connectivity index (χ1) is 16.1. The van der Waals surface area contributed by atoms with Crippen LogP contribution in [0.25, 0.3) is 33.2 Å². The van der Waals surface area contributed by atoms with E-state index >= 15 is 0 Å². The molecule has 3 heterocycles. The van der Waals surface area contributed by atoms with Crippen LogP contribution in [0.3, 0.4) is 0 Å². The zero-order valence-corrected chi connectivity index (χ0v) is 18.5. The van der Waals surface area contributed by atoms with Crippen molar-refractivity contribution in [3.63, 3.8) is 0 Å². The van der Waals surface area contributed by atoms with E-state index in [1.54, 1.807) is 36.6 Å². The van der Waals surface area contributed by atoms with Crippen LogP contribution in [-0.4, -0.2) is 51.2 Å². The second-order valence-corrected chi connectivity index (χ2v) is 7.52. The Morgan fingerprint density at radius 1 is 1.00 bits per heavy atom. The molecule has 0 radical (unpaired) electrons. The summed E-state index contributed by atoms with van der Waals surface area (Å²) in [6, 6.07) is 15.1. The summed E-state index contributed by atoms with van der Waals surface area (Å²) >= 11 is 0. The summed E-state index contributed by atoms with van der Waals surface area (Å²) in [6.45, 7) is 2.59. The third-order valence-electron chi connectivity index (χ3n) is 5.47. The highest BCUT2D eigenvalue weighted by Gasteiger charge is 2.21. The highest BCUT2D eigenvalue weighted by atomic mass is 16.5. The van der Waals surface area contributed by atoms with Crippen LogP contribution >= 0.6 is 0 Å². The average Bonchev–Trinajstić information content (AvgIpc) is 3.13. The summed E-state index contributed by atoms with van der Waals surface area (Å²) in [6.07, 6.45) is 1.69. The van der Waals surface area contributed by atoms with Gasteiger partial charge in [-0.15, -0.1) is 0 Å². The number of rotatable bonds is 6. The largest absolute Gasteiger partial charge is 0.497 e. The van der Waals surface area contributed by atoms with Gasteiger partial charge in [-0.1, -0.05) is 24.3 Å². The third kappa shape index (κ3) is 3.62. The number of hydrogen-bond donors (Lipinski definition) is 0. The van der Waals surface area contributed by atoms with Crippen LogP contribution in [0.4, 0.5) is 0 Å². The lowest BCUT2D eigenvalue weighted by molar-refractivity contribution is 0.185. The lowest BCUT2D eigenvalue weighted by Crippen LogP contribution is -2.25. The van der Waals surface area contributed by atoms with Crippen molar-refractivity contribution in [2.24, 2.45) is 5.10 Å². The molecule has 3 aromatic heterocycles. The molecule has 0 aliphatic carbocycles. The van der Waals surface area contributed by atoms with E-state index in [0.29, 0.717) is 52.2 Å². The summed E-state index contributed by atoms with van der Waals surface area (Å²) in [5, 5.41) is 5.03. The topological polar surface area (TPSA) is 96.4 Å². The van der Waals surface area contributed by atoms with Gasteiger partial charge < -0.3 is 9.47 Å². The maximum Gasteiger partial charge on any atom is 0.265 e. The SMILES string of the molecule is COCCn1c(C)nc2c(c1=O)c1nc3ccccc3nc1n2/N=C\c1cccc(OC)c1. The van der Waals surface area contributed by atoms with Gasteiger partial charge in [0.05, 0.1) is 37.5 Å². The Labute approximate surface area is 188 Å². The Kier molecular flexibility index (Phi) is 5.31. The molecule has 5 rings (SSSR count). The van der Waals surface area contributed by atoms with Crippen molar-refractivity contribution < 1.29 is 9.47 Å². The monoisotopic (exact) mass is 442 g/mol. The number of benzene rings is 2. The van der Waals surface area contributed by atoms with Crippen LogP contribution in [0, 0.1) is 6.92 Å². The molecule has 0 N–H and O–H groups in total. The van der Waals surface area contributed by atoms with Crippen LogP contribution < -0.4 is 10.3 Å². The Hall–Kier alpha value is -4.11. The van der Waals surface area contributed by atoms with Gasteiger partial charge in [0.15, 0.2) is 11.3 Å². The molecule has 33 heavy (non-hydrogen) atoms. The number of nitrogens with zero attached hydrogens (tertiary/aromatic N) is 6. The second kappa shape index (κ2) is 8.44. The number of hydrogen-bond acceptors (Lipinski definition) is 7. The molecule has 0 unspecified atom stereocenters. The van der Waals surface area contributed by atoms with Crippen molar-refractivity contribution in [3.8, 4) is 5.75 Å². The van der Waals surface area contributed by atoms with E-state index in [1.165, 1.54) is 0 Å². The first-order valence-electron chi connectivity index (χ1n) is 10.5. The smallest absolute Gasteiger partial charge is 0.265 e. The molecule has 0 spiro atoms. The van der Waals surface area contributed by atoms with E-state index in [-0.39, 0.29) is 5.56 Å². The van der Waals surface area contributed by atoms with Crippen molar-refractivity contribution in [2.45, 2.75) is 13.5 Å². The molecule has 166 valence electrons. The van der Waals surface area contributed by atoms with Crippen LogP contribution in [-0.2, 0) is 11.3 Å². The number of ether oxygens (including phenoxy) is 2. The van der Waals surface area contributed by atoms with E-state index in [0.717, 1.165) is 11.3 Å².